The van der Waals surface area contributed by atoms with Crippen LogP contribution in [0.25, 0.3) is 6.08 Å². The Morgan fingerprint density at radius 2 is 2.09 bits per heavy atom. The van der Waals surface area contributed by atoms with Crippen LogP contribution in [0.4, 0.5) is 0 Å². The first-order valence-corrected chi connectivity index (χ1v) is 8.87. The zero-order valence-electron chi connectivity index (χ0n) is 13.0. The second-order valence-corrected chi connectivity index (χ2v) is 7.07. The Morgan fingerprint density at radius 1 is 1.43 bits per heavy atom. The average molecular weight is 445 g/mol. The molecule has 1 atom stereocenters. The van der Waals surface area contributed by atoms with E-state index in [9.17, 15) is 4.79 Å². The summed E-state index contributed by atoms with van der Waals surface area (Å²) in [6.07, 6.45) is 2.93. The van der Waals surface area contributed by atoms with Crippen molar-refractivity contribution in [2.75, 3.05) is 6.54 Å². The van der Waals surface area contributed by atoms with Crippen molar-refractivity contribution in [2.45, 2.75) is 32.9 Å². The Bertz CT molecular complexity index is 644. The molecule has 3 N–H and O–H groups in total. The summed E-state index contributed by atoms with van der Waals surface area (Å²) in [5.41, 5.74) is 7.48. The van der Waals surface area contributed by atoms with Crippen LogP contribution in [0.2, 0.25) is 0 Å². The number of amides is 1. The van der Waals surface area contributed by atoms with E-state index in [2.05, 4.69) is 42.2 Å². The predicted octanol–water partition coefficient (Wildman–Crippen LogP) is 3.49. The average Bonchev–Trinajstić information content (AvgIpc) is 2.81. The third-order valence-corrected chi connectivity index (χ3v) is 5.02. The van der Waals surface area contributed by atoms with Crippen LogP contribution in [0.15, 0.2) is 31.8 Å². The van der Waals surface area contributed by atoms with Gasteiger partial charge in [0.05, 0.1) is 5.84 Å². The third-order valence-electron chi connectivity index (χ3n) is 3.37. The van der Waals surface area contributed by atoms with E-state index in [4.69, 9.17) is 10.5 Å². The van der Waals surface area contributed by atoms with Crippen molar-refractivity contribution >= 4 is 49.7 Å². The van der Waals surface area contributed by atoms with Gasteiger partial charge >= 0.3 is 0 Å². The molecule has 0 saturated carbocycles. The van der Waals surface area contributed by atoms with Crippen LogP contribution >= 0.6 is 31.9 Å². The molecular formula is C16H19Br2N3O2. The highest BCUT2D eigenvalue weighted by atomic mass is 79.9. The van der Waals surface area contributed by atoms with Crippen LogP contribution in [-0.2, 0) is 9.53 Å². The van der Waals surface area contributed by atoms with Gasteiger partial charge in [-0.3, -0.25) is 9.79 Å². The number of hydrogen-bond acceptors (Lipinski definition) is 3. The van der Waals surface area contributed by atoms with Gasteiger partial charge in [0.25, 0.3) is 5.91 Å². The van der Waals surface area contributed by atoms with E-state index in [0.717, 1.165) is 26.5 Å². The molecule has 1 saturated heterocycles. The highest BCUT2D eigenvalue weighted by Crippen LogP contribution is 2.28. The maximum Gasteiger partial charge on any atom is 0.289 e. The molecule has 23 heavy (non-hydrogen) atoms. The van der Waals surface area contributed by atoms with Gasteiger partial charge in [0.15, 0.2) is 12.0 Å². The van der Waals surface area contributed by atoms with Gasteiger partial charge in [-0.2, -0.15) is 0 Å². The van der Waals surface area contributed by atoms with Gasteiger partial charge in [-0.1, -0.05) is 31.9 Å². The SMILES string of the molecule is CC(N)=NCCCC1NC(=O)/C(=C/c2cc(Br)c(C)c(Br)c2)O1. The topological polar surface area (TPSA) is 76.7 Å². The molecule has 1 aromatic rings. The molecule has 1 aromatic carbocycles. The zero-order chi connectivity index (χ0) is 17.0. The molecule has 2 rings (SSSR count). The first-order chi connectivity index (χ1) is 10.9. The maximum atomic E-state index is 12.0. The van der Waals surface area contributed by atoms with Crippen LogP contribution < -0.4 is 11.1 Å². The Hall–Kier alpha value is -1.34. The third kappa shape index (κ3) is 5.07. The van der Waals surface area contributed by atoms with Crippen LogP contribution in [0.5, 0.6) is 0 Å². The lowest BCUT2D eigenvalue weighted by atomic mass is 10.1. The largest absolute Gasteiger partial charge is 0.465 e. The number of aliphatic imine (C=N–C) groups is 1. The molecule has 0 aromatic heterocycles. The van der Waals surface area contributed by atoms with E-state index >= 15 is 0 Å². The number of rotatable bonds is 5. The molecule has 1 heterocycles. The summed E-state index contributed by atoms with van der Waals surface area (Å²) in [6, 6.07) is 3.91. The van der Waals surface area contributed by atoms with Gasteiger partial charge in [-0.15, -0.1) is 0 Å². The van der Waals surface area contributed by atoms with Gasteiger partial charge in [0, 0.05) is 21.9 Å². The molecule has 1 amide bonds. The summed E-state index contributed by atoms with van der Waals surface area (Å²) in [4.78, 5) is 16.1. The van der Waals surface area contributed by atoms with Crippen molar-refractivity contribution in [3.8, 4) is 0 Å². The molecule has 0 aliphatic carbocycles. The summed E-state index contributed by atoms with van der Waals surface area (Å²) in [7, 11) is 0. The van der Waals surface area contributed by atoms with E-state index in [1.807, 2.05) is 19.1 Å². The van der Waals surface area contributed by atoms with Crippen molar-refractivity contribution in [1.29, 1.82) is 0 Å². The molecule has 124 valence electrons. The fourth-order valence-corrected chi connectivity index (χ4v) is 3.34. The lowest BCUT2D eigenvalue weighted by Gasteiger charge is -2.08. The van der Waals surface area contributed by atoms with Crippen LogP contribution in [-0.4, -0.2) is 24.5 Å². The smallest absolute Gasteiger partial charge is 0.289 e. The number of carbonyl (C=O) groups is 1. The minimum absolute atomic E-state index is 0.193. The van der Waals surface area contributed by atoms with Crippen molar-refractivity contribution < 1.29 is 9.53 Å². The highest BCUT2D eigenvalue weighted by Gasteiger charge is 2.27. The normalized spacial score (nSPS) is 19.8. The van der Waals surface area contributed by atoms with E-state index in [1.54, 1.807) is 13.0 Å². The van der Waals surface area contributed by atoms with E-state index in [1.165, 1.54) is 0 Å². The summed E-state index contributed by atoms with van der Waals surface area (Å²) in [5, 5.41) is 2.82. The van der Waals surface area contributed by atoms with Crippen LogP contribution in [0.3, 0.4) is 0 Å². The number of carbonyl (C=O) groups excluding carboxylic acids is 1. The van der Waals surface area contributed by atoms with E-state index in [-0.39, 0.29) is 12.1 Å². The number of ether oxygens (including phenoxy) is 1. The number of halogens is 2. The van der Waals surface area contributed by atoms with Crippen molar-refractivity contribution in [1.82, 2.24) is 5.32 Å². The number of hydrogen-bond donors (Lipinski definition) is 2. The Balaban J connectivity index is 2.01. The van der Waals surface area contributed by atoms with Crippen LogP contribution in [0, 0.1) is 6.92 Å². The summed E-state index contributed by atoms with van der Waals surface area (Å²) in [5.74, 6) is 0.704. The predicted molar refractivity (Wildman–Crippen MR) is 99.0 cm³/mol. The number of nitrogens with two attached hydrogens (primary N) is 1. The number of benzene rings is 1. The minimum atomic E-state index is -0.306. The minimum Gasteiger partial charge on any atom is -0.465 e. The van der Waals surface area contributed by atoms with Crippen molar-refractivity contribution in [2.24, 2.45) is 10.7 Å². The van der Waals surface area contributed by atoms with Crippen molar-refractivity contribution in [3.63, 3.8) is 0 Å². The first kappa shape index (κ1) is 18.0. The van der Waals surface area contributed by atoms with Gasteiger partial charge in [0.2, 0.25) is 0 Å². The van der Waals surface area contributed by atoms with Gasteiger partial charge in [0.1, 0.15) is 0 Å². The fraction of sp³-hybridized carbons (Fsp3) is 0.375. The Morgan fingerprint density at radius 3 is 2.70 bits per heavy atom. The van der Waals surface area contributed by atoms with Gasteiger partial charge in [-0.25, -0.2) is 0 Å². The number of nitrogens with one attached hydrogen (secondary N) is 1. The maximum absolute atomic E-state index is 12.0. The van der Waals surface area contributed by atoms with Gasteiger partial charge in [-0.05, 0) is 49.6 Å². The molecule has 1 aliphatic rings. The molecule has 5 nitrogen and oxygen atoms in total. The number of amidine groups is 1. The van der Waals surface area contributed by atoms with Gasteiger partial charge < -0.3 is 15.8 Å². The molecule has 0 bridgehead atoms. The van der Waals surface area contributed by atoms with Crippen molar-refractivity contribution in [3.05, 3.63) is 38.0 Å². The monoisotopic (exact) mass is 443 g/mol. The zero-order valence-corrected chi connectivity index (χ0v) is 16.2. The quantitative estimate of drug-likeness (QED) is 0.316. The Labute approximate surface area is 152 Å². The summed E-state index contributed by atoms with van der Waals surface area (Å²) < 4.78 is 7.64. The molecule has 1 fully saturated rings. The lowest BCUT2D eigenvalue weighted by molar-refractivity contribution is -0.116. The molecule has 1 unspecified atom stereocenters. The lowest BCUT2D eigenvalue weighted by Crippen LogP contribution is -2.26. The second-order valence-electron chi connectivity index (χ2n) is 5.36. The highest BCUT2D eigenvalue weighted by molar-refractivity contribution is 9.11. The van der Waals surface area contributed by atoms with E-state index < -0.39 is 0 Å². The first-order valence-electron chi connectivity index (χ1n) is 7.28. The summed E-state index contributed by atoms with van der Waals surface area (Å²) in [6.45, 7) is 4.40. The summed E-state index contributed by atoms with van der Waals surface area (Å²) >= 11 is 7.01. The number of nitrogens with zero attached hydrogens (tertiary/aromatic N) is 1. The molecule has 7 heteroatoms. The molecule has 0 radical (unpaired) electrons. The van der Waals surface area contributed by atoms with Crippen LogP contribution in [0.1, 0.15) is 30.9 Å². The molecule has 0 spiro atoms. The molecule has 1 aliphatic heterocycles. The standard InChI is InChI=1S/C16H19Br2N3O2/c1-9-12(17)6-11(7-13(9)18)8-14-16(22)21-15(23-14)4-3-5-20-10(2)19/h6-8,15H,3-5H2,1-2H3,(H2,19,20)(H,21,22)/b14-8-. The fourth-order valence-electron chi connectivity index (χ4n) is 2.12. The molecular weight excluding hydrogens is 426 g/mol. The second kappa shape index (κ2) is 7.97. The van der Waals surface area contributed by atoms with E-state index in [0.29, 0.717) is 24.6 Å². The Kier molecular flexibility index (Phi) is 6.24.